The SMILES string of the molecule is C=C/C=C1C(C=C)=C(/C=C\C)C(C)(c2ccccc2)C/1=C/C. The van der Waals surface area contributed by atoms with Crippen LogP contribution in [0.5, 0.6) is 0 Å². The van der Waals surface area contributed by atoms with Crippen LogP contribution in [0, 0.1) is 0 Å². The number of benzene rings is 1. The smallest absolute Gasteiger partial charge is 0.0432 e. The summed E-state index contributed by atoms with van der Waals surface area (Å²) in [7, 11) is 0. The molecule has 0 N–H and O–H groups in total. The van der Waals surface area contributed by atoms with Gasteiger partial charge in [-0.05, 0) is 48.6 Å². The molecule has 1 aliphatic carbocycles. The van der Waals surface area contributed by atoms with Gasteiger partial charge in [-0.3, -0.25) is 0 Å². The number of rotatable bonds is 4. The van der Waals surface area contributed by atoms with Crippen LogP contribution in [0.25, 0.3) is 0 Å². The minimum absolute atomic E-state index is 0.166. The predicted octanol–water partition coefficient (Wildman–Crippen LogP) is 6.08. The first-order chi connectivity index (χ1) is 10.6. The maximum Gasteiger partial charge on any atom is 0.0432 e. The quantitative estimate of drug-likeness (QED) is 0.630. The van der Waals surface area contributed by atoms with Crippen molar-refractivity contribution in [1.82, 2.24) is 0 Å². The van der Waals surface area contributed by atoms with Gasteiger partial charge < -0.3 is 0 Å². The van der Waals surface area contributed by atoms with Gasteiger partial charge in [-0.2, -0.15) is 0 Å². The summed E-state index contributed by atoms with van der Waals surface area (Å²) in [4.78, 5) is 0. The Morgan fingerprint density at radius 1 is 1.05 bits per heavy atom. The van der Waals surface area contributed by atoms with Crippen LogP contribution in [0.4, 0.5) is 0 Å². The highest BCUT2D eigenvalue weighted by Crippen LogP contribution is 2.52. The molecule has 0 saturated carbocycles. The van der Waals surface area contributed by atoms with E-state index in [-0.39, 0.29) is 5.41 Å². The van der Waals surface area contributed by atoms with Crippen molar-refractivity contribution in [3.05, 3.63) is 108 Å². The molecule has 0 amide bonds. The van der Waals surface area contributed by atoms with Gasteiger partial charge in [0.05, 0.1) is 0 Å². The van der Waals surface area contributed by atoms with E-state index in [1.54, 1.807) is 0 Å². The van der Waals surface area contributed by atoms with E-state index in [1.807, 2.05) is 12.2 Å². The van der Waals surface area contributed by atoms with Crippen LogP contribution in [0.3, 0.4) is 0 Å². The number of hydrogen-bond acceptors (Lipinski definition) is 0. The van der Waals surface area contributed by atoms with E-state index in [4.69, 9.17) is 0 Å². The lowest BCUT2D eigenvalue weighted by Crippen LogP contribution is -2.23. The van der Waals surface area contributed by atoms with Gasteiger partial charge in [0, 0.05) is 5.41 Å². The molecular weight excluding hydrogens is 264 g/mol. The summed E-state index contributed by atoms with van der Waals surface area (Å²) in [6, 6.07) is 10.7. The molecule has 2 rings (SSSR count). The fourth-order valence-corrected chi connectivity index (χ4v) is 3.44. The molecule has 0 saturated heterocycles. The third kappa shape index (κ3) is 2.35. The Kier molecular flexibility index (Phi) is 4.82. The van der Waals surface area contributed by atoms with Gasteiger partial charge in [-0.25, -0.2) is 0 Å². The topological polar surface area (TPSA) is 0 Å². The van der Waals surface area contributed by atoms with Crippen molar-refractivity contribution in [3.63, 3.8) is 0 Å². The lowest BCUT2D eigenvalue weighted by molar-refractivity contribution is 0.702. The average molecular weight is 288 g/mol. The first-order valence-corrected chi connectivity index (χ1v) is 7.70. The Balaban J connectivity index is 2.86. The molecule has 0 fully saturated rings. The summed E-state index contributed by atoms with van der Waals surface area (Å²) >= 11 is 0. The standard InChI is InChI=1S/C22H24/c1-6-13-19-18(8-3)21(14-7-2)22(5,20(19)9-4)17-15-11-10-12-16-17/h6-16H,1,3H2,2,4-5H3/b14-7-,19-13-,20-9+. The largest absolute Gasteiger partial charge is 0.0990 e. The van der Waals surface area contributed by atoms with E-state index < -0.39 is 0 Å². The van der Waals surface area contributed by atoms with Crippen molar-refractivity contribution >= 4 is 0 Å². The summed E-state index contributed by atoms with van der Waals surface area (Å²) in [5, 5.41) is 0. The highest BCUT2D eigenvalue weighted by molar-refractivity contribution is 5.73. The van der Waals surface area contributed by atoms with Crippen LogP contribution in [-0.4, -0.2) is 0 Å². The fourth-order valence-electron chi connectivity index (χ4n) is 3.44. The van der Waals surface area contributed by atoms with Crippen molar-refractivity contribution in [2.75, 3.05) is 0 Å². The van der Waals surface area contributed by atoms with Crippen molar-refractivity contribution in [2.45, 2.75) is 26.2 Å². The Morgan fingerprint density at radius 3 is 2.23 bits per heavy atom. The van der Waals surface area contributed by atoms with E-state index in [2.05, 4.69) is 88.6 Å². The van der Waals surface area contributed by atoms with Gasteiger partial charge in [-0.1, -0.05) is 79.9 Å². The summed E-state index contributed by atoms with van der Waals surface area (Å²) in [5.74, 6) is 0. The van der Waals surface area contributed by atoms with Gasteiger partial charge in [0.1, 0.15) is 0 Å². The molecule has 0 aromatic heterocycles. The second-order valence-corrected chi connectivity index (χ2v) is 5.54. The Hall–Kier alpha value is -2.34. The van der Waals surface area contributed by atoms with Gasteiger partial charge in [0.15, 0.2) is 0 Å². The lowest BCUT2D eigenvalue weighted by atomic mass is 9.72. The second-order valence-electron chi connectivity index (χ2n) is 5.54. The molecule has 0 spiro atoms. The molecule has 0 heterocycles. The highest BCUT2D eigenvalue weighted by Gasteiger charge is 2.42. The van der Waals surface area contributed by atoms with Crippen LogP contribution < -0.4 is 0 Å². The zero-order chi connectivity index (χ0) is 16.2. The van der Waals surface area contributed by atoms with Crippen LogP contribution in [0.2, 0.25) is 0 Å². The molecule has 1 aromatic rings. The van der Waals surface area contributed by atoms with Gasteiger partial charge in [-0.15, -0.1) is 0 Å². The monoisotopic (exact) mass is 288 g/mol. The maximum atomic E-state index is 4.04. The lowest BCUT2D eigenvalue weighted by Gasteiger charge is -2.30. The van der Waals surface area contributed by atoms with Gasteiger partial charge in [0.25, 0.3) is 0 Å². The van der Waals surface area contributed by atoms with Crippen molar-refractivity contribution in [2.24, 2.45) is 0 Å². The van der Waals surface area contributed by atoms with Gasteiger partial charge >= 0.3 is 0 Å². The van der Waals surface area contributed by atoms with Crippen LogP contribution in [-0.2, 0) is 5.41 Å². The van der Waals surface area contributed by atoms with Crippen LogP contribution >= 0.6 is 0 Å². The Labute approximate surface area is 134 Å². The summed E-state index contributed by atoms with van der Waals surface area (Å²) < 4.78 is 0. The maximum absolute atomic E-state index is 4.04. The normalized spacial score (nSPS) is 25.4. The molecular formula is C22H24. The summed E-state index contributed by atoms with van der Waals surface area (Å²) in [6.45, 7) is 14.4. The summed E-state index contributed by atoms with van der Waals surface area (Å²) in [6.07, 6.45) is 12.4. The molecule has 1 aliphatic rings. The Bertz CT molecular complexity index is 693. The zero-order valence-corrected chi connectivity index (χ0v) is 13.8. The first kappa shape index (κ1) is 16.0. The van der Waals surface area contributed by atoms with Crippen molar-refractivity contribution < 1.29 is 0 Å². The molecule has 1 atom stereocenters. The van der Waals surface area contributed by atoms with E-state index in [1.165, 1.54) is 27.9 Å². The molecule has 0 radical (unpaired) electrons. The number of hydrogen-bond donors (Lipinski definition) is 0. The van der Waals surface area contributed by atoms with Crippen molar-refractivity contribution in [3.8, 4) is 0 Å². The van der Waals surface area contributed by atoms with E-state index >= 15 is 0 Å². The minimum Gasteiger partial charge on any atom is -0.0990 e. The van der Waals surface area contributed by atoms with E-state index in [9.17, 15) is 0 Å². The Morgan fingerprint density at radius 2 is 1.73 bits per heavy atom. The minimum atomic E-state index is -0.166. The second kappa shape index (κ2) is 6.62. The summed E-state index contributed by atoms with van der Waals surface area (Å²) in [5.41, 5.74) is 6.13. The fraction of sp³-hybridized carbons (Fsp3) is 0.182. The molecule has 22 heavy (non-hydrogen) atoms. The van der Waals surface area contributed by atoms with E-state index in [0.29, 0.717) is 0 Å². The zero-order valence-electron chi connectivity index (χ0n) is 13.8. The average Bonchev–Trinajstić information content (AvgIpc) is 2.78. The molecule has 1 unspecified atom stereocenters. The highest BCUT2D eigenvalue weighted by atomic mass is 14.4. The third-order valence-electron chi connectivity index (χ3n) is 4.41. The molecule has 0 nitrogen and oxygen atoms in total. The first-order valence-electron chi connectivity index (χ1n) is 7.70. The molecule has 112 valence electrons. The van der Waals surface area contributed by atoms with Crippen LogP contribution in [0.15, 0.2) is 102 Å². The molecule has 0 aliphatic heterocycles. The van der Waals surface area contributed by atoms with Gasteiger partial charge in [0.2, 0.25) is 0 Å². The molecule has 1 aromatic carbocycles. The van der Waals surface area contributed by atoms with Crippen LogP contribution in [0.1, 0.15) is 26.3 Å². The van der Waals surface area contributed by atoms with Crippen molar-refractivity contribution in [1.29, 1.82) is 0 Å². The third-order valence-corrected chi connectivity index (χ3v) is 4.41. The number of allylic oxidation sites excluding steroid dienone is 10. The molecule has 0 bridgehead atoms. The molecule has 0 heteroatoms. The predicted molar refractivity (Wildman–Crippen MR) is 97.9 cm³/mol. The van der Waals surface area contributed by atoms with E-state index in [0.717, 1.165) is 0 Å².